The second kappa shape index (κ2) is 7.87. The van der Waals surface area contributed by atoms with E-state index in [9.17, 15) is 4.79 Å². The summed E-state index contributed by atoms with van der Waals surface area (Å²) in [6.45, 7) is 2.08. The van der Waals surface area contributed by atoms with Crippen LogP contribution in [0.5, 0.6) is 0 Å². The van der Waals surface area contributed by atoms with Gasteiger partial charge in [-0.3, -0.25) is 14.5 Å². The van der Waals surface area contributed by atoms with Crippen molar-refractivity contribution in [2.45, 2.75) is 13.5 Å². The second-order valence-electron chi connectivity index (χ2n) is 6.27. The first-order valence-electron chi connectivity index (χ1n) is 8.62. The van der Waals surface area contributed by atoms with Crippen molar-refractivity contribution in [2.75, 3.05) is 5.32 Å². The summed E-state index contributed by atoms with van der Waals surface area (Å²) in [6.07, 6.45) is 1.76. The van der Waals surface area contributed by atoms with Gasteiger partial charge in [0.2, 0.25) is 5.91 Å². The van der Waals surface area contributed by atoms with Crippen LogP contribution in [0.3, 0.4) is 0 Å². The monoisotopic (exact) mass is 407 g/mol. The molecule has 0 saturated carbocycles. The average molecular weight is 408 g/mol. The molecule has 2 N–H and O–H groups in total. The maximum atomic E-state index is 12.6. The van der Waals surface area contributed by atoms with Crippen LogP contribution in [0.4, 0.5) is 5.69 Å². The van der Waals surface area contributed by atoms with Crippen LogP contribution in [0.15, 0.2) is 60.1 Å². The summed E-state index contributed by atoms with van der Waals surface area (Å²) < 4.78 is 2.10. The SMILES string of the molecule is Cc1cccc(-c2n[nH]c(=S)n2CC(=O)Nc2cccc(-c3nccs3)c2)c1. The second-order valence-corrected chi connectivity index (χ2v) is 7.56. The Kier molecular flexibility index (Phi) is 5.14. The van der Waals surface area contributed by atoms with Crippen LogP contribution in [-0.4, -0.2) is 25.7 Å². The van der Waals surface area contributed by atoms with Gasteiger partial charge in [-0.05, 0) is 37.3 Å². The number of aromatic amines is 1. The van der Waals surface area contributed by atoms with Crippen molar-refractivity contribution < 1.29 is 4.79 Å². The molecule has 1 amide bonds. The van der Waals surface area contributed by atoms with Crippen molar-refractivity contribution in [3.05, 3.63) is 70.4 Å². The standard InChI is InChI=1S/C20H17N5OS2/c1-13-4-2-5-14(10-13)18-23-24-20(27)25(18)12-17(26)22-16-7-3-6-15(11-16)19-21-8-9-28-19/h2-11H,12H2,1H3,(H,22,26)(H,24,27). The molecule has 2 heterocycles. The van der Waals surface area contributed by atoms with Crippen LogP contribution < -0.4 is 5.32 Å². The predicted molar refractivity (Wildman–Crippen MR) is 114 cm³/mol. The Morgan fingerprint density at radius 1 is 1.21 bits per heavy atom. The van der Waals surface area contributed by atoms with Gasteiger partial charge in [0.1, 0.15) is 11.6 Å². The molecular formula is C20H17N5OS2. The van der Waals surface area contributed by atoms with Crippen LogP contribution in [0.2, 0.25) is 0 Å². The van der Waals surface area contributed by atoms with Crippen molar-refractivity contribution in [2.24, 2.45) is 0 Å². The number of carbonyl (C=O) groups is 1. The highest BCUT2D eigenvalue weighted by Gasteiger charge is 2.13. The van der Waals surface area contributed by atoms with Gasteiger partial charge in [0.05, 0.1) is 0 Å². The molecule has 4 aromatic rings. The van der Waals surface area contributed by atoms with E-state index in [0.29, 0.717) is 16.3 Å². The average Bonchev–Trinajstić information content (AvgIpc) is 3.33. The van der Waals surface area contributed by atoms with Gasteiger partial charge in [0.15, 0.2) is 10.6 Å². The number of carbonyl (C=O) groups excluding carboxylic acids is 1. The summed E-state index contributed by atoms with van der Waals surface area (Å²) >= 11 is 6.88. The van der Waals surface area contributed by atoms with Crippen LogP contribution >= 0.6 is 23.6 Å². The van der Waals surface area contributed by atoms with E-state index in [1.54, 1.807) is 22.1 Å². The number of hydrogen-bond donors (Lipinski definition) is 2. The van der Waals surface area contributed by atoms with Crippen LogP contribution in [0.1, 0.15) is 5.56 Å². The zero-order valence-electron chi connectivity index (χ0n) is 15.0. The van der Waals surface area contributed by atoms with Gasteiger partial charge < -0.3 is 5.32 Å². The molecule has 6 nitrogen and oxygen atoms in total. The Morgan fingerprint density at radius 3 is 2.82 bits per heavy atom. The molecule has 4 rings (SSSR count). The number of rotatable bonds is 5. The minimum Gasteiger partial charge on any atom is -0.325 e. The number of thiazole rings is 1. The van der Waals surface area contributed by atoms with E-state index in [0.717, 1.165) is 21.7 Å². The minimum absolute atomic E-state index is 0.0695. The number of aromatic nitrogens is 4. The smallest absolute Gasteiger partial charge is 0.244 e. The first kappa shape index (κ1) is 18.3. The van der Waals surface area contributed by atoms with E-state index >= 15 is 0 Å². The molecule has 0 aliphatic carbocycles. The number of amides is 1. The van der Waals surface area contributed by atoms with Gasteiger partial charge >= 0.3 is 0 Å². The summed E-state index contributed by atoms with van der Waals surface area (Å²) in [4.78, 5) is 17.0. The van der Waals surface area contributed by atoms with E-state index in [1.807, 2.05) is 60.8 Å². The Hall–Kier alpha value is -3.10. The zero-order chi connectivity index (χ0) is 19.5. The summed E-state index contributed by atoms with van der Waals surface area (Å²) in [6, 6.07) is 15.6. The molecule has 28 heavy (non-hydrogen) atoms. The summed E-state index contributed by atoms with van der Waals surface area (Å²) in [5.74, 6) is 0.461. The van der Waals surface area contributed by atoms with Crippen LogP contribution in [0, 0.1) is 11.7 Å². The number of hydrogen-bond acceptors (Lipinski definition) is 5. The molecule has 0 bridgehead atoms. The highest BCUT2D eigenvalue weighted by Crippen LogP contribution is 2.24. The van der Waals surface area contributed by atoms with E-state index in [-0.39, 0.29) is 12.5 Å². The fourth-order valence-corrected chi connectivity index (χ4v) is 3.74. The van der Waals surface area contributed by atoms with Crippen molar-refractivity contribution in [1.29, 1.82) is 0 Å². The van der Waals surface area contributed by atoms with Gasteiger partial charge in [0, 0.05) is 28.4 Å². The number of nitrogens with zero attached hydrogens (tertiary/aromatic N) is 3. The highest BCUT2D eigenvalue weighted by molar-refractivity contribution is 7.71. The van der Waals surface area contributed by atoms with Gasteiger partial charge in [-0.1, -0.05) is 35.9 Å². The fourth-order valence-electron chi connectivity index (χ4n) is 2.91. The third kappa shape index (κ3) is 3.92. The van der Waals surface area contributed by atoms with Crippen molar-refractivity contribution in [3.8, 4) is 22.0 Å². The van der Waals surface area contributed by atoms with Gasteiger partial charge in [-0.15, -0.1) is 11.3 Å². The Labute approximate surface area is 170 Å². The lowest BCUT2D eigenvalue weighted by Crippen LogP contribution is -2.19. The molecule has 0 aliphatic rings. The zero-order valence-corrected chi connectivity index (χ0v) is 16.7. The maximum absolute atomic E-state index is 12.6. The number of aryl methyl sites for hydroxylation is 1. The number of H-pyrrole nitrogens is 1. The van der Waals surface area contributed by atoms with E-state index in [1.165, 1.54) is 0 Å². The van der Waals surface area contributed by atoms with Crippen molar-refractivity contribution >= 4 is 35.1 Å². The van der Waals surface area contributed by atoms with Crippen LogP contribution in [-0.2, 0) is 11.3 Å². The van der Waals surface area contributed by atoms with E-state index in [2.05, 4.69) is 20.5 Å². The maximum Gasteiger partial charge on any atom is 0.244 e. The molecule has 0 radical (unpaired) electrons. The summed E-state index contributed by atoms with van der Waals surface area (Å²) in [7, 11) is 0. The minimum atomic E-state index is -0.178. The third-order valence-corrected chi connectivity index (χ3v) is 5.30. The molecule has 0 unspecified atom stereocenters. The molecule has 0 spiro atoms. The molecule has 2 aromatic heterocycles. The number of benzene rings is 2. The molecule has 8 heteroatoms. The normalized spacial score (nSPS) is 10.8. The number of nitrogens with one attached hydrogen (secondary N) is 2. The molecular weight excluding hydrogens is 390 g/mol. The number of anilines is 1. The van der Waals surface area contributed by atoms with E-state index in [4.69, 9.17) is 12.2 Å². The highest BCUT2D eigenvalue weighted by atomic mass is 32.1. The Bertz CT molecular complexity index is 1180. The molecule has 0 atom stereocenters. The molecule has 0 fully saturated rings. The molecule has 0 saturated heterocycles. The van der Waals surface area contributed by atoms with Gasteiger partial charge in [-0.2, -0.15) is 5.10 Å². The lowest BCUT2D eigenvalue weighted by atomic mass is 10.1. The topological polar surface area (TPSA) is 75.6 Å². The van der Waals surface area contributed by atoms with Gasteiger partial charge in [-0.25, -0.2) is 4.98 Å². The molecule has 140 valence electrons. The van der Waals surface area contributed by atoms with E-state index < -0.39 is 0 Å². The van der Waals surface area contributed by atoms with Crippen LogP contribution in [0.25, 0.3) is 22.0 Å². The predicted octanol–water partition coefficient (Wildman–Crippen LogP) is 4.68. The first-order chi connectivity index (χ1) is 13.6. The summed E-state index contributed by atoms with van der Waals surface area (Å²) in [5, 5.41) is 12.8. The fraction of sp³-hybridized carbons (Fsp3) is 0.100. The Morgan fingerprint density at radius 2 is 2.04 bits per heavy atom. The molecule has 2 aromatic carbocycles. The lowest BCUT2D eigenvalue weighted by molar-refractivity contribution is -0.116. The first-order valence-corrected chi connectivity index (χ1v) is 9.91. The quantitative estimate of drug-likeness (QED) is 0.471. The van der Waals surface area contributed by atoms with Crippen molar-refractivity contribution in [1.82, 2.24) is 19.7 Å². The third-order valence-electron chi connectivity index (χ3n) is 4.16. The summed E-state index contributed by atoms with van der Waals surface area (Å²) in [5.41, 5.74) is 3.70. The van der Waals surface area contributed by atoms with Gasteiger partial charge in [0.25, 0.3) is 0 Å². The molecule has 0 aliphatic heterocycles. The lowest BCUT2D eigenvalue weighted by Gasteiger charge is -2.09. The Balaban J connectivity index is 1.55. The van der Waals surface area contributed by atoms with Crippen molar-refractivity contribution in [3.63, 3.8) is 0 Å². The largest absolute Gasteiger partial charge is 0.325 e.